The lowest BCUT2D eigenvalue weighted by Gasteiger charge is -2.14. The molecule has 0 saturated heterocycles. The molecule has 1 aromatic carbocycles. The van der Waals surface area contributed by atoms with E-state index in [9.17, 15) is 24.5 Å². The van der Waals surface area contributed by atoms with Crippen molar-refractivity contribution in [3.8, 4) is 5.75 Å². The third-order valence-corrected chi connectivity index (χ3v) is 4.63. The van der Waals surface area contributed by atoms with Gasteiger partial charge in [-0.25, -0.2) is 14.3 Å². The first kappa shape index (κ1) is 20.7. The van der Waals surface area contributed by atoms with E-state index in [0.29, 0.717) is 23.4 Å². The smallest absolute Gasteiger partial charge is 0.332 e. The molecule has 11 nitrogen and oxygen atoms in total. The summed E-state index contributed by atoms with van der Waals surface area (Å²) in [5.41, 5.74) is -0.367. The van der Waals surface area contributed by atoms with E-state index in [4.69, 9.17) is 4.74 Å². The van der Waals surface area contributed by atoms with Crippen LogP contribution < -0.4 is 21.3 Å². The minimum absolute atomic E-state index is 0.113. The minimum Gasteiger partial charge on any atom is -0.495 e. The van der Waals surface area contributed by atoms with E-state index in [0.717, 1.165) is 4.57 Å². The van der Waals surface area contributed by atoms with Gasteiger partial charge in [0.25, 0.3) is 11.2 Å². The van der Waals surface area contributed by atoms with Gasteiger partial charge in [0.2, 0.25) is 5.91 Å². The van der Waals surface area contributed by atoms with Crippen molar-refractivity contribution in [2.24, 2.45) is 7.05 Å². The van der Waals surface area contributed by atoms with Gasteiger partial charge >= 0.3 is 5.69 Å². The Morgan fingerprint density at radius 3 is 2.50 bits per heavy atom. The molecule has 3 rings (SSSR count). The van der Waals surface area contributed by atoms with Crippen LogP contribution >= 0.6 is 0 Å². The Kier molecular flexibility index (Phi) is 5.63. The normalized spacial score (nSPS) is 10.8. The molecule has 0 saturated carbocycles. The Labute approximate surface area is 169 Å². The van der Waals surface area contributed by atoms with Crippen molar-refractivity contribution in [1.82, 2.24) is 14.1 Å². The van der Waals surface area contributed by atoms with Crippen LogP contribution in [0.1, 0.15) is 12.5 Å². The molecule has 0 fully saturated rings. The first-order valence-corrected chi connectivity index (χ1v) is 8.98. The third kappa shape index (κ3) is 3.64. The third-order valence-electron chi connectivity index (χ3n) is 4.63. The standard InChI is InChI=1S/C19H19N5O6/c1-4-11-9-20-17-15(16(11)30-3)18(26)23(19(27)22(17)2)10-14(25)21-12-5-7-13(8-6-12)24(28)29/h5-9H,4,10H2,1-3H3,(H,21,25). The van der Waals surface area contributed by atoms with Gasteiger partial charge in [0.15, 0.2) is 5.65 Å². The van der Waals surface area contributed by atoms with Crippen LogP contribution in [-0.4, -0.2) is 32.1 Å². The van der Waals surface area contributed by atoms with Gasteiger partial charge in [0.05, 0.1) is 12.0 Å². The monoisotopic (exact) mass is 413 g/mol. The Hall–Kier alpha value is -4.02. The molecule has 3 aromatic rings. The topological polar surface area (TPSA) is 138 Å². The lowest BCUT2D eigenvalue weighted by Crippen LogP contribution is -2.42. The number of aryl methyl sites for hydroxylation is 2. The Balaban J connectivity index is 2.01. The SMILES string of the molecule is CCc1cnc2c(c1OC)c(=O)n(CC(=O)Nc1ccc([N+](=O)[O-])cc1)c(=O)n2C. The molecule has 1 amide bonds. The van der Waals surface area contributed by atoms with Crippen molar-refractivity contribution in [1.29, 1.82) is 0 Å². The highest BCUT2D eigenvalue weighted by Crippen LogP contribution is 2.25. The number of hydrogen-bond donors (Lipinski definition) is 1. The molecule has 0 aliphatic carbocycles. The maximum absolute atomic E-state index is 13.0. The van der Waals surface area contributed by atoms with Gasteiger partial charge in [0, 0.05) is 36.6 Å². The van der Waals surface area contributed by atoms with Crippen molar-refractivity contribution in [3.63, 3.8) is 0 Å². The number of pyridine rings is 1. The summed E-state index contributed by atoms with van der Waals surface area (Å²) in [7, 11) is 2.87. The van der Waals surface area contributed by atoms with E-state index in [1.807, 2.05) is 6.92 Å². The van der Waals surface area contributed by atoms with E-state index in [2.05, 4.69) is 10.3 Å². The van der Waals surface area contributed by atoms with Gasteiger partial charge in [-0.05, 0) is 18.6 Å². The van der Waals surface area contributed by atoms with Crippen molar-refractivity contribution < 1.29 is 14.5 Å². The van der Waals surface area contributed by atoms with Crippen LogP contribution in [0.5, 0.6) is 5.75 Å². The summed E-state index contributed by atoms with van der Waals surface area (Å²) >= 11 is 0. The van der Waals surface area contributed by atoms with Crippen LogP contribution in [-0.2, 0) is 24.8 Å². The molecule has 0 unspecified atom stereocenters. The van der Waals surface area contributed by atoms with E-state index in [1.165, 1.54) is 43.0 Å². The largest absolute Gasteiger partial charge is 0.495 e. The zero-order valence-corrected chi connectivity index (χ0v) is 16.5. The Bertz CT molecular complexity index is 1260. The van der Waals surface area contributed by atoms with E-state index >= 15 is 0 Å². The fraction of sp³-hybridized carbons (Fsp3) is 0.263. The van der Waals surface area contributed by atoms with Crippen molar-refractivity contribution in [3.05, 3.63) is 67.0 Å². The first-order valence-electron chi connectivity index (χ1n) is 8.98. The number of carbonyl (C=O) groups is 1. The number of benzene rings is 1. The van der Waals surface area contributed by atoms with Crippen LogP contribution in [0.2, 0.25) is 0 Å². The maximum Gasteiger partial charge on any atom is 0.332 e. The molecular formula is C19H19N5O6. The molecule has 0 aliphatic heterocycles. The predicted molar refractivity (Wildman–Crippen MR) is 109 cm³/mol. The number of ether oxygens (including phenoxy) is 1. The number of fused-ring (bicyclic) bond motifs is 1. The second kappa shape index (κ2) is 8.15. The number of anilines is 1. The molecule has 0 spiro atoms. The maximum atomic E-state index is 13.0. The Morgan fingerprint density at radius 1 is 1.27 bits per heavy atom. The molecule has 2 aromatic heterocycles. The van der Waals surface area contributed by atoms with Gasteiger partial charge in [-0.15, -0.1) is 0 Å². The number of rotatable bonds is 6. The number of methoxy groups -OCH3 is 1. The average Bonchev–Trinajstić information content (AvgIpc) is 2.74. The van der Waals surface area contributed by atoms with Gasteiger partial charge < -0.3 is 10.1 Å². The lowest BCUT2D eigenvalue weighted by atomic mass is 10.1. The number of aromatic nitrogens is 3. The molecule has 2 heterocycles. The molecule has 156 valence electrons. The summed E-state index contributed by atoms with van der Waals surface area (Å²) < 4.78 is 7.36. The van der Waals surface area contributed by atoms with E-state index in [-0.39, 0.29) is 16.7 Å². The summed E-state index contributed by atoms with van der Waals surface area (Å²) in [6.07, 6.45) is 2.11. The van der Waals surface area contributed by atoms with Crippen LogP contribution in [0.4, 0.5) is 11.4 Å². The van der Waals surface area contributed by atoms with Crippen LogP contribution in [0.3, 0.4) is 0 Å². The zero-order chi connectivity index (χ0) is 22.0. The summed E-state index contributed by atoms with van der Waals surface area (Å²) in [4.78, 5) is 52.5. The zero-order valence-electron chi connectivity index (χ0n) is 16.5. The molecule has 0 atom stereocenters. The highest BCUT2D eigenvalue weighted by molar-refractivity contribution is 5.91. The fourth-order valence-electron chi connectivity index (χ4n) is 3.10. The molecule has 11 heteroatoms. The predicted octanol–water partition coefficient (Wildman–Crippen LogP) is 1.21. The number of carbonyl (C=O) groups excluding carboxylic acids is 1. The van der Waals surface area contributed by atoms with Gasteiger partial charge in [-0.1, -0.05) is 6.92 Å². The number of nitro benzene ring substituents is 1. The van der Waals surface area contributed by atoms with Crippen LogP contribution in [0.25, 0.3) is 11.0 Å². The van der Waals surface area contributed by atoms with E-state index in [1.54, 1.807) is 6.20 Å². The summed E-state index contributed by atoms with van der Waals surface area (Å²) in [6, 6.07) is 5.19. The van der Waals surface area contributed by atoms with Gasteiger partial charge in [0.1, 0.15) is 17.7 Å². The second-order valence-corrected chi connectivity index (χ2v) is 6.45. The summed E-state index contributed by atoms with van der Waals surface area (Å²) in [5.74, 6) is -0.325. The van der Waals surface area contributed by atoms with E-state index < -0.39 is 28.6 Å². The number of nitrogens with zero attached hydrogens (tertiary/aromatic N) is 4. The van der Waals surface area contributed by atoms with Crippen molar-refractivity contribution in [2.45, 2.75) is 19.9 Å². The number of amides is 1. The van der Waals surface area contributed by atoms with Crippen molar-refractivity contribution >= 4 is 28.3 Å². The molecule has 0 bridgehead atoms. The molecular weight excluding hydrogens is 394 g/mol. The first-order chi connectivity index (χ1) is 14.3. The van der Waals surface area contributed by atoms with Crippen LogP contribution in [0.15, 0.2) is 40.1 Å². The average molecular weight is 413 g/mol. The fourth-order valence-corrected chi connectivity index (χ4v) is 3.10. The summed E-state index contributed by atoms with van der Waals surface area (Å²) in [6.45, 7) is 1.33. The lowest BCUT2D eigenvalue weighted by molar-refractivity contribution is -0.384. The molecule has 0 radical (unpaired) electrons. The second-order valence-electron chi connectivity index (χ2n) is 6.45. The van der Waals surface area contributed by atoms with Crippen LogP contribution in [0, 0.1) is 10.1 Å². The summed E-state index contributed by atoms with van der Waals surface area (Å²) in [5, 5.41) is 13.3. The molecule has 1 N–H and O–H groups in total. The molecule has 30 heavy (non-hydrogen) atoms. The van der Waals surface area contributed by atoms with Crippen molar-refractivity contribution in [2.75, 3.05) is 12.4 Å². The highest BCUT2D eigenvalue weighted by atomic mass is 16.6. The number of hydrogen-bond acceptors (Lipinski definition) is 7. The minimum atomic E-state index is -0.704. The Morgan fingerprint density at radius 2 is 1.93 bits per heavy atom. The quantitative estimate of drug-likeness (QED) is 0.473. The molecule has 0 aliphatic rings. The number of non-ortho nitro benzene ring substituents is 1. The van der Waals surface area contributed by atoms with Gasteiger partial charge in [-0.3, -0.25) is 24.3 Å². The highest BCUT2D eigenvalue weighted by Gasteiger charge is 2.20. The number of nitro groups is 1. The van der Waals surface area contributed by atoms with Gasteiger partial charge in [-0.2, -0.15) is 0 Å². The number of nitrogens with one attached hydrogen (secondary N) is 1.